The summed E-state index contributed by atoms with van der Waals surface area (Å²) >= 11 is 1.80. The number of hydrogen-bond acceptors (Lipinski definition) is 3. The minimum atomic E-state index is 0.888. The highest BCUT2D eigenvalue weighted by molar-refractivity contribution is 7.25. The summed E-state index contributed by atoms with van der Waals surface area (Å²) in [5.74, 6) is 0.888. The highest BCUT2D eigenvalue weighted by Crippen LogP contribution is 2.40. The lowest BCUT2D eigenvalue weighted by molar-refractivity contribution is 1.08. The SMILES string of the molecule is c1ccc(-c2cc(-c3ccccc3)nc(-n3c4ccccc4c4ccc(-c5ccc6c(c5)c5ccccc5n6-c5cccc(-c6ccc7sc8cccnc8c7c6)c5)cc43)c2)cc1. The van der Waals surface area contributed by atoms with E-state index >= 15 is 0 Å². The van der Waals surface area contributed by atoms with Crippen LogP contribution in [-0.4, -0.2) is 19.1 Å². The first-order chi connectivity index (χ1) is 31.2. The maximum atomic E-state index is 5.39. The molecule has 5 heteroatoms. The summed E-state index contributed by atoms with van der Waals surface area (Å²) < 4.78 is 7.23. The molecule has 0 spiro atoms. The summed E-state index contributed by atoms with van der Waals surface area (Å²) in [6.07, 6.45) is 1.89. The second kappa shape index (κ2) is 14.2. The predicted molar refractivity (Wildman–Crippen MR) is 265 cm³/mol. The van der Waals surface area contributed by atoms with Crippen LogP contribution >= 0.6 is 11.3 Å². The average molecular weight is 821 g/mol. The minimum Gasteiger partial charge on any atom is -0.309 e. The Labute approximate surface area is 367 Å². The van der Waals surface area contributed by atoms with Gasteiger partial charge in [-0.25, -0.2) is 4.98 Å². The molecule has 0 bridgehead atoms. The number of rotatable bonds is 6. The average Bonchev–Trinajstić information content (AvgIpc) is 4.01. The lowest BCUT2D eigenvalue weighted by atomic mass is 10.0. The highest BCUT2D eigenvalue weighted by atomic mass is 32.1. The molecule has 5 aromatic heterocycles. The van der Waals surface area contributed by atoms with Gasteiger partial charge in [-0.3, -0.25) is 9.55 Å². The molecule has 5 heterocycles. The van der Waals surface area contributed by atoms with Crippen LogP contribution in [0.15, 0.2) is 219 Å². The van der Waals surface area contributed by atoms with Crippen LogP contribution in [0.2, 0.25) is 0 Å². The predicted octanol–water partition coefficient (Wildman–Crippen LogP) is 15.7. The van der Waals surface area contributed by atoms with Crippen LogP contribution in [0.25, 0.3) is 120 Å². The monoisotopic (exact) mass is 820 g/mol. The molecule has 8 aromatic carbocycles. The first-order valence-electron chi connectivity index (χ1n) is 21.3. The third-order valence-corrected chi connectivity index (χ3v) is 13.7. The zero-order valence-corrected chi connectivity index (χ0v) is 34.8. The van der Waals surface area contributed by atoms with Crippen LogP contribution in [0.1, 0.15) is 0 Å². The van der Waals surface area contributed by atoms with Gasteiger partial charge in [0.15, 0.2) is 0 Å². The van der Waals surface area contributed by atoms with Crippen molar-refractivity contribution in [2.24, 2.45) is 0 Å². The molecule has 0 saturated carbocycles. The Morgan fingerprint density at radius 2 is 0.952 bits per heavy atom. The van der Waals surface area contributed by atoms with E-state index in [1.807, 2.05) is 12.3 Å². The third kappa shape index (κ3) is 5.82. The summed E-state index contributed by atoms with van der Waals surface area (Å²) in [7, 11) is 0. The third-order valence-electron chi connectivity index (χ3n) is 12.6. The Morgan fingerprint density at radius 3 is 1.78 bits per heavy atom. The van der Waals surface area contributed by atoms with Crippen molar-refractivity contribution in [1.82, 2.24) is 19.1 Å². The molecule has 0 unspecified atom stereocenters. The standard InChI is InChI=1S/C58H36N4S/c1-3-13-37(14-4-1)43-34-50(38-15-5-2-6-16-38)60-57(36-43)62-52-22-10-7-19-45(52)47-27-24-42(35-54(47)62)40-25-28-53-48(32-40)46-20-8-9-21-51(46)61(53)44-18-11-17-39(31-44)41-26-29-55-49(33-41)58-56(63-55)23-12-30-59-58/h1-36H. The van der Waals surface area contributed by atoms with Crippen LogP contribution < -0.4 is 0 Å². The van der Waals surface area contributed by atoms with Crippen molar-refractivity contribution in [3.05, 3.63) is 219 Å². The quantitative estimate of drug-likeness (QED) is 0.167. The van der Waals surface area contributed by atoms with Gasteiger partial charge in [0.1, 0.15) is 5.82 Å². The number of benzene rings is 8. The molecule has 0 aliphatic rings. The Morgan fingerprint density at radius 1 is 0.333 bits per heavy atom. The number of pyridine rings is 2. The van der Waals surface area contributed by atoms with Crippen molar-refractivity contribution in [2.75, 3.05) is 0 Å². The van der Waals surface area contributed by atoms with E-state index in [1.165, 1.54) is 64.1 Å². The molecule has 0 aliphatic carbocycles. The number of hydrogen-bond donors (Lipinski definition) is 0. The Balaban J connectivity index is 0.961. The molecule has 0 radical (unpaired) electrons. The smallest absolute Gasteiger partial charge is 0.138 e. The summed E-state index contributed by atoms with van der Waals surface area (Å²) in [5, 5.41) is 6.05. The molecule has 0 aliphatic heterocycles. The van der Waals surface area contributed by atoms with Gasteiger partial charge in [-0.05, 0) is 112 Å². The number of fused-ring (bicyclic) bond motifs is 9. The zero-order chi connectivity index (χ0) is 41.4. The fraction of sp³-hybridized carbons (Fsp3) is 0. The molecule has 0 amide bonds. The van der Waals surface area contributed by atoms with Gasteiger partial charge in [0.2, 0.25) is 0 Å². The van der Waals surface area contributed by atoms with Crippen molar-refractivity contribution in [3.63, 3.8) is 0 Å². The molecule has 13 rings (SSSR count). The summed E-state index contributed by atoms with van der Waals surface area (Å²) in [5.41, 5.74) is 15.8. The van der Waals surface area contributed by atoms with Gasteiger partial charge in [0, 0.05) is 49.1 Å². The highest BCUT2D eigenvalue weighted by Gasteiger charge is 2.19. The maximum absolute atomic E-state index is 5.39. The van der Waals surface area contributed by atoms with Gasteiger partial charge in [-0.1, -0.05) is 133 Å². The summed E-state index contributed by atoms with van der Waals surface area (Å²) in [6, 6.07) is 76.7. The van der Waals surface area contributed by atoms with Crippen molar-refractivity contribution < 1.29 is 0 Å². The van der Waals surface area contributed by atoms with E-state index in [2.05, 4.69) is 215 Å². The molecule has 63 heavy (non-hydrogen) atoms. The Hall–Kier alpha value is -8.12. The lowest BCUT2D eigenvalue weighted by Gasteiger charge is -2.13. The van der Waals surface area contributed by atoms with E-state index in [4.69, 9.17) is 9.97 Å². The fourth-order valence-corrected chi connectivity index (χ4v) is 10.7. The molecule has 0 N–H and O–H groups in total. The first kappa shape index (κ1) is 35.6. The van der Waals surface area contributed by atoms with Gasteiger partial charge in [-0.15, -0.1) is 11.3 Å². The minimum absolute atomic E-state index is 0.888. The molecular formula is C58H36N4S. The van der Waals surface area contributed by atoms with Crippen molar-refractivity contribution in [2.45, 2.75) is 0 Å². The largest absolute Gasteiger partial charge is 0.309 e. The number of nitrogens with zero attached hydrogens (tertiary/aromatic N) is 4. The van der Waals surface area contributed by atoms with E-state index in [0.29, 0.717) is 0 Å². The molecule has 294 valence electrons. The molecular weight excluding hydrogens is 785 g/mol. The van der Waals surface area contributed by atoms with Crippen LogP contribution in [0.4, 0.5) is 0 Å². The Bertz CT molecular complexity index is 3860. The number of thiophene rings is 1. The van der Waals surface area contributed by atoms with Crippen LogP contribution in [0.5, 0.6) is 0 Å². The lowest BCUT2D eigenvalue weighted by Crippen LogP contribution is -2.00. The van der Waals surface area contributed by atoms with E-state index in [1.54, 1.807) is 11.3 Å². The Kier molecular flexibility index (Phi) is 8.05. The van der Waals surface area contributed by atoms with E-state index < -0.39 is 0 Å². The normalized spacial score (nSPS) is 11.8. The van der Waals surface area contributed by atoms with Crippen LogP contribution in [0, 0.1) is 0 Å². The first-order valence-corrected chi connectivity index (χ1v) is 22.1. The summed E-state index contributed by atoms with van der Waals surface area (Å²) in [6.45, 7) is 0. The number of aromatic nitrogens is 4. The molecule has 0 fully saturated rings. The van der Waals surface area contributed by atoms with Crippen molar-refractivity contribution >= 4 is 75.3 Å². The van der Waals surface area contributed by atoms with E-state index in [-0.39, 0.29) is 0 Å². The molecule has 0 saturated heterocycles. The van der Waals surface area contributed by atoms with Gasteiger partial charge in [-0.2, -0.15) is 0 Å². The van der Waals surface area contributed by atoms with Gasteiger partial charge in [0.25, 0.3) is 0 Å². The molecule has 4 nitrogen and oxygen atoms in total. The van der Waals surface area contributed by atoms with E-state index in [0.717, 1.165) is 56.0 Å². The van der Waals surface area contributed by atoms with Gasteiger partial charge < -0.3 is 4.57 Å². The summed E-state index contributed by atoms with van der Waals surface area (Å²) in [4.78, 5) is 10.1. The maximum Gasteiger partial charge on any atom is 0.138 e. The van der Waals surface area contributed by atoms with Crippen molar-refractivity contribution in [3.8, 4) is 56.1 Å². The topological polar surface area (TPSA) is 35.6 Å². The fourth-order valence-electron chi connectivity index (χ4n) is 9.61. The second-order valence-electron chi connectivity index (χ2n) is 16.2. The van der Waals surface area contributed by atoms with Crippen LogP contribution in [0.3, 0.4) is 0 Å². The van der Waals surface area contributed by atoms with Crippen LogP contribution in [-0.2, 0) is 0 Å². The van der Waals surface area contributed by atoms with Gasteiger partial charge in [0.05, 0.1) is 38.0 Å². The van der Waals surface area contributed by atoms with Gasteiger partial charge >= 0.3 is 0 Å². The number of para-hydroxylation sites is 2. The second-order valence-corrected chi connectivity index (χ2v) is 17.3. The molecule has 13 aromatic rings. The van der Waals surface area contributed by atoms with Crippen molar-refractivity contribution in [1.29, 1.82) is 0 Å². The van der Waals surface area contributed by atoms with E-state index in [9.17, 15) is 0 Å². The zero-order valence-electron chi connectivity index (χ0n) is 34.0. The molecule has 0 atom stereocenters.